The van der Waals surface area contributed by atoms with Gasteiger partial charge in [-0.05, 0) is 37.3 Å². The van der Waals surface area contributed by atoms with E-state index < -0.39 is 26.9 Å². The molecular weight excluding hydrogens is 398 g/mol. The summed E-state index contributed by atoms with van der Waals surface area (Å²) < 4.78 is 32.9. The van der Waals surface area contributed by atoms with Gasteiger partial charge in [-0.3, -0.25) is 14.4 Å². The molecule has 154 valence electrons. The normalized spacial score (nSPS) is 11.7. The van der Waals surface area contributed by atoms with E-state index in [2.05, 4.69) is 5.32 Å². The number of hydrogen-bond donors (Lipinski definition) is 1. The molecule has 0 fully saturated rings. The van der Waals surface area contributed by atoms with Gasteiger partial charge in [0.2, 0.25) is 5.91 Å². The van der Waals surface area contributed by atoms with E-state index in [1.54, 1.807) is 19.1 Å². The zero-order valence-electron chi connectivity index (χ0n) is 16.3. The quantitative estimate of drug-likeness (QED) is 0.585. The lowest BCUT2D eigenvalue weighted by Crippen LogP contribution is -2.39. The molecule has 10 heteroatoms. The Kier molecular flexibility index (Phi) is 5.47. The van der Waals surface area contributed by atoms with E-state index in [9.17, 15) is 22.8 Å². The van der Waals surface area contributed by atoms with Crippen LogP contribution in [0, 0.1) is 6.92 Å². The number of aromatic nitrogens is 2. The third-order valence-electron chi connectivity index (χ3n) is 4.67. The monoisotopic (exact) mass is 419 g/mol. The van der Waals surface area contributed by atoms with Crippen molar-refractivity contribution >= 4 is 26.8 Å². The van der Waals surface area contributed by atoms with Crippen molar-refractivity contribution in [1.29, 1.82) is 0 Å². The molecule has 0 saturated carbocycles. The van der Waals surface area contributed by atoms with E-state index in [4.69, 9.17) is 4.42 Å². The molecule has 9 nitrogen and oxygen atoms in total. The highest BCUT2D eigenvalue weighted by atomic mass is 32.2. The summed E-state index contributed by atoms with van der Waals surface area (Å²) in [5.41, 5.74) is -0.695. The number of sulfone groups is 1. The van der Waals surface area contributed by atoms with E-state index in [1.165, 1.54) is 36.9 Å². The van der Waals surface area contributed by atoms with E-state index in [0.29, 0.717) is 16.8 Å². The first kappa shape index (κ1) is 20.6. The van der Waals surface area contributed by atoms with Crippen LogP contribution in [0.4, 0.5) is 0 Å². The van der Waals surface area contributed by atoms with Crippen LogP contribution in [-0.4, -0.2) is 29.2 Å². The number of carbonyl (C=O) groups is 1. The third-order valence-corrected chi connectivity index (χ3v) is 6.39. The lowest BCUT2D eigenvalue weighted by atomic mass is 10.3. The van der Waals surface area contributed by atoms with Crippen LogP contribution in [-0.2, 0) is 35.3 Å². The van der Waals surface area contributed by atoms with E-state index in [-0.39, 0.29) is 23.6 Å². The summed E-state index contributed by atoms with van der Waals surface area (Å²) >= 11 is 0. The van der Waals surface area contributed by atoms with Gasteiger partial charge in [0.15, 0.2) is 9.84 Å². The first-order chi connectivity index (χ1) is 13.6. The van der Waals surface area contributed by atoms with Crippen LogP contribution in [0.1, 0.15) is 17.9 Å². The summed E-state index contributed by atoms with van der Waals surface area (Å²) in [4.78, 5) is 35.9. The molecule has 0 aliphatic heterocycles. The van der Waals surface area contributed by atoms with Crippen molar-refractivity contribution < 1.29 is 17.6 Å². The lowest BCUT2D eigenvalue weighted by molar-refractivity contribution is -0.120. The molecule has 0 atom stereocenters. The highest BCUT2D eigenvalue weighted by molar-refractivity contribution is 7.91. The van der Waals surface area contributed by atoms with Gasteiger partial charge < -0.3 is 18.9 Å². The second-order valence-corrected chi connectivity index (χ2v) is 8.85. The SMILES string of the molecule is Cc1ccc(CNC(=O)CCS(=O)(=O)c2ccc3c(c2)n(C)c(=O)c(=O)n3C)o1. The molecular formula is C19H21N3O6S. The van der Waals surface area contributed by atoms with E-state index in [1.807, 2.05) is 0 Å². The Balaban J connectivity index is 1.77. The second-order valence-electron chi connectivity index (χ2n) is 6.74. The number of rotatable bonds is 6. The van der Waals surface area contributed by atoms with Crippen molar-refractivity contribution in [2.45, 2.75) is 24.8 Å². The minimum atomic E-state index is -3.77. The van der Waals surface area contributed by atoms with Gasteiger partial charge in [0.05, 0.1) is 28.2 Å². The van der Waals surface area contributed by atoms with Crippen LogP contribution in [0.25, 0.3) is 11.0 Å². The zero-order chi connectivity index (χ0) is 21.3. The minimum Gasteiger partial charge on any atom is -0.465 e. The maximum Gasteiger partial charge on any atom is 0.316 e. The van der Waals surface area contributed by atoms with Crippen molar-refractivity contribution in [2.24, 2.45) is 14.1 Å². The molecule has 0 spiro atoms. The number of nitrogens with one attached hydrogen (secondary N) is 1. The van der Waals surface area contributed by atoms with Gasteiger partial charge in [-0.25, -0.2) is 8.42 Å². The Morgan fingerprint density at radius 3 is 2.31 bits per heavy atom. The Labute approximate surface area is 166 Å². The Bertz CT molecular complexity index is 1310. The minimum absolute atomic E-state index is 0.0203. The molecule has 3 rings (SSSR count). The summed E-state index contributed by atoms with van der Waals surface area (Å²) in [6.07, 6.45) is -0.216. The highest BCUT2D eigenvalue weighted by Crippen LogP contribution is 2.18. The van der Waals surface area contributed by atoms with Crippen LogP contribution >= 0.6 is 0 Å². The number of furan rings is 1. The fourth-order valence-electron chi connectivity index (χ4n) is 2.95. The Morgan fingerprint density at radius 2 is 1.69 bits per heavy atom. The lowest BCUT2D eigenvalue weighted by Gasteiger charge is -2.11. The molecule has 0 bridgehead atoms. The summed E-state index contributed by atoms with van der Waals surface area (Å²) in [6.45, 7) is 1.97. The Hall–Kier alpha value is -3.14. The fourth-order valence-corrected chi connectivity index (χ4v) is 4.21. The third kappa shape index (κ3) is 4.16. The number of amides is 1. The molecule has 1 aromatic carbocycles. The topological polar surface area (TPSA) is 120 Å². The molecule has 0 saturated heterocycles. The number of fused-ring (bicyclic) bond motifs is 1. The molecule has 29 heavy (non-hydrogen) atoms. The fraction of sp³-hybridized carbons (Fsp3) is 0.316. The van der Waals surface area contributed by atoms with Crippen LogP contribution in [0.15, 0.2) is 49.2 Å². The van der Waals surface area contributed by atoms with Crippen molar-refractivity contribution in [3.05, 3.63) is 62.6 Å². The summed E-state index contributed by atoms with van der Waals surface area (Å²) in [6, 6.07) is 7.69. The van der Waals surface area contributed by atoms with Gasteiger partial charge in [-0.15, -0.1) is 0 Å². The van der Waals surface area contributed by atoms with E-state index in [0.717, 1.165) is 10.3 Å². The average molecular weight is 419 g/mol. The van der Waals surface area contributed by atoms with E-state index >= 15 is 0 Å². The molecule has 2 heterocycles. The first-order valence-electron chi connectivity index (χ1n) is 8.84. The first-order valence-corrected chi connectivity index (χ1v) is 10.5. The molecule has 0 radical (unpaired) electrons. The maximum absolute atomic E-state index is 12.7. The van der Waals surface area contributed by atoms with Crippen molar-refractivity contribution in [2.75, 3.05) is 5.75 Å². The van der Waals surface area contributed by atoms with Gasteiger partial charge in [-0.2, -0.15) is 0 Å². The molecule has 2 aromatic heterocycles. The molecule has 1 N–H and O–H groups in total. The van der Waals surface area contributed by atoms with Crippen molar-refractivity contribution in [1.82, 2.24) is 14.5 Å². The van der Waals surface area contributed by atoms with Gasteiger partial charge >= 0.3 is 11.1 Å². The highest BCUT2D eigenvalue weighted by Gasteiger charge is 2.19. The molecule has 1 amide bonds. The van der Waals surface area contributed by atoms with Crippen molar-refractivity contribution in [3.63, 3.8) is 0 Å². The molecule has 3 aromatic rings. The van der Waals surface area contributed by atoms with Gasteiger partial charge in [0, 0.05) is 20.5 Å². The summed E-state index contributed by atoms with van der Waals surface area (Å²) in [5.74, 6) is 0.499. The largest absolute Gasteiger partial charge is 0.465 e. The number of aryl methyl sites for hydroxylation is 3. The van der Waals surface area contributed by atoms with Crippen molar-refractivity contribution in [3.8, 4) is 0 Å². The second kappa shape index (κ2) is 7.70. The van der Waals surface area contributed by atoms with Crippen LogP contribution in [0.2, 0.25) is 0 Å². The van der Waals surface area contributed by atoms with Gasteiger partial charge in [0.25, 0.3) is 0 Å². The number of hydrogen-bond acceptors (Lipinski definition) is 6. The maximum atomic E-state index is 12.7. The van der Waals surface area contributed by atoms with Gasteiger partial charge in [0.1, 0.15) is 11.5 Å². The zero-order valence-corrected chi connectivity index (χ0v) is 17.1. The Morgan fingerprint density at radius 1 is 1.03 bits per heavy atom. The molecule has 0 aliphatic carbocycles. The summed E-state index contributed by atoms with van der Waals surface area (Å²) in [7, 11) is -0.907. The number of carbonyl (C=O) groups excluding carboxylic acids is 1. The van der Waals surface area contributed by atoms with Crippen LogP contribution in [0.3, 0.4) is 0 Å². The predicted octanol–water partition coefficient (Wildman–Crippen LogP) is 0.619. The number of nitrogens with zero attached hydrogens (tertiary/aromatic N) is 2. The average Bonchev–Trinajstić information content (AvgIpc) is 3.12. The van der Waals surface area contributed by atoms with Crippen LogP contribution in [0.5, 0.6) is 0 Å². The summed E-state index contributed by atoms with van der Waals surface area (Å²) in [5, 5.41) is 2.62. The molecule has 0 aliphatic rings. The predicted molar refractivity (Wildman–Crippen MR) is 106 cm³/mol. The number of benzene rings is 1. The van der Waals surface area contributed by atoms with Crippen LogP contribution < -0.4 is 16.4 Å². The smallest absolute Gasteiger partial charge is 0.316 e. The molecule has 0 unspecified atom stereocenters. The van der Waals surface area contributed by atoms with Gasteiger partial charge in [-0.1, -0.05) is 0 Å². The standard InChI is InChI=1S/C19H21N3O6S/c1-12-4-5-13(28-12)11-20-17(23)8-9-29(26,27)14-6-7-15-16(10-14)22(3)19(25)18(24)21(15)2/h4-7,10H,8-9,11H2,1-3H3,(H,20,23).